The van der Waals surface area contributed by atoms with Crippen molar-refractivity contribution in [3.63, 3.8) is 0 Å². The van der Waals surface area contributed by atoms with Gasteiger partial charge in [0.15, 0.2) is 0 Å². The molecule has 0 atom stereocenters. The van der Waals surface area contributed by atoms with Gasteiger partial charge >= 0.3 is 6.09 Å². The molecule has 1 aliphatic heterocycles. The zero-order valence-electron chi connectivity index (χ0n) is 7.03. The fraction of sp³-hybridized carbons (Fsp3) is 0.222. The van der Waals surface area contributed by atoms with Crippen LogP contribution >= 0.6 is 0 Å². The molecule has 0 aromatic heterocycles. The molecule has 1 aromatic rings. The van der Waals surface area contributed by atoms with Crippen molar-refractivity contribution in [1.82, 2.24) is 4.90 Å². The Hall–Kier alpha value is -1.71. The molecule has 0 spiro atoms. The van der Waals surface area contributed by atoms with Crippen molar-refractivity contribution in [2.24, 2.45) is 0 Å². The second kappa shape index (κ2) is 2.65. The van der Waals surface area contributed by atoms with Gasteiger partial charge in [0.1, 0.15) is 0 Å². The lowest BCUT2D eigenvalue weighted by molar-refractivity contribution is 0.145. The molecule has 0 aliphatic carbocycles. The van der Waals surface area contributed by atoms with Crippen LogP contribution in [0.25, 0.3) is 0 Å². The summed E-state index contributed by atoms with van der Waals surface area (Å²) in [5.74, 6) is 0. The summed E-state index contributed by atoms with van der Waals surface area (Å²) in [5.41, 5.74) is 8.36. The normalized spacial score (nSPS) is 14.3. The maximum atomic E-state index is 10.7. The van der Waals surface area contributed by atoms with Crippen LogP contribution in [0.3, 0.4) is 0 Å². The fourth-order valence-electron chi connectivity index (χ4n) is 1.58. The van der Waals surface area contributed by atoms with E-state index in [2.05, 4.69) is 0 Å². The van der Waals surface area contributed by atoms with Crippen molar-refractivity contribution >= 4 is 11.8 Å². The monoisotopic (exact) mass is 178 g/mol. The number of hydrogen-bond donors (Lipinski definition) is 2. The number of rotatable bonds is 0. The van der Waals surface area contributed by atoms with E-state index in [1.807, 2.05) is 12.1 Å². The molecule has 4 nitrogen and oxygen atoms in total. The molecule has 0 bridgehead atoms. The zero-order valence-corrected chi connectivity index (χ0v) is 7.03. The van der Waals surface area contributed by atoms with Crippen LogP contribution in [0.2, 0.25) is 0 Å². The third kappa shape index (κ3) is 1.20. The van der Waals surface area contributed by atoms with Crippen LogP contribution in [0, 0.1) is 0 Å². The highest BCUT2D eigenvalue weighted by Crippen LogP contribution is 2.27. The van der Waals surface area contributed by atoms with Crippen molar-refractivity contribution in [2.45, 2.75) is 13.1 Å². The van der Waals surface area contributed by atoms with E-state index in [0.29, 0.717) is 18.8 Å². The molecule has 68 valence electrons. The Kier molecular flexibility index (Phi) is 1.62. The van der Waals surface area contributed by atoms with E-state index in [1.165, 1.54) is 4.90 Å². The predicted octanol–water partition coefficient (Wildman–Crippen LogP) is 1.26. The molecule has 0 saturated heterocycles. The molecule has 0 saturated carbocycles. The van der Waals surface area contributed by atoms with Gasteiger partial charge < -0.3 is 10.8 Å². The highest BCUT2D eigenvalue weighted by Gasteiger charge is 2.23. The first-order valence-corrected chi connectivity index (χ1v) is 4.02. The quantitative estimate of drug-likeness (QED) is 0.588. The molecule has 3 N–H and O–H groups in total. The lowest BCUT2D eigenvalue weighted by Gasteiger charge is -2.08. The third-order valence-corrected chi connectivity index (χ3v) is 2.29. The summed E-state index contributed by atoms with van der Waals surface area (Å²) in [6.45, 7) is 0.868. The Balaban J connectivity index is 2.35. The molecule has 1 aromatic carbocycles. The van der Waals surface area contributed by atoms with Gasteiger partial charge in [-0.25, -0.2) is 4.79 Å². The summed E-state index contributed by atoms with van der Waals surface area (Å²) in [5, 5.41) is 8.76. The van der Waals surface area contributed by atoms with E-state index in [1.54, 1.807) is 6.07 Å². The van der Waals surface area contributed by atoms with Crippen LogP contribution < -0.4 is 5.73 Å². The molecule has 4 heteroatoms. The van der Waals surface area contributed by atoms with Crippen LogP contribution in [-0.2, 0) is 13.1 Å². The number of amides is 1. The number of fused-ring (bicyclic) bond motifs is 1. The highest BCUT2D eigenvalue weighted by molar-refractivity contribution is 5.68. The van der Waals surface area contributed by atoms with Crippen molar-refractivity contribution in [2.75, 3.05) is 5.73 Å². The minimum Gasteiger partial charge on any atom is -0.465 e. The number of hydrogen-bond acceptors (Lipinski definition) is 2. The minimum absolute atomic E-state index is 0.414. The van der Waals surface area contributed by atoms with Gasteiger partial charge in [0.05, 0.1) is 6.54 Å². The molecule has 2 rings (SSSR count). The molecule has 0 fully saturated rings. The van der Waals surface area contributed by atoms with E-state index in [-0.39, 0.29) is 0 Å². The highest BCUT2D eigenvalue weighted by atomic mass is 16.4. The maximum absolute atomic E-state index is 10.7. The lowest BCUT2D eigenvalue weighted by Crippen LogP contribution is -2.22. The first-order chi connectivity index (χ1) is 6.18. The van der Waals surface area contributed by atoms with Crippen molar-refractivity contribution in [3.8, 4) is 0 Å². The van der Waals surface area contributed by atoms with Crippen LogP contribution in [-0.4, -0.2) is 16.1 Å². The van der Waals surface area contributed by atoms with Crippen molar-refractivity contribution < 1.29 is 9.90 Å². The van der Waals surface area contributed by atoms with Gasteiger partial charge in [0, 0.05) is 12.2 Å². The van der Waals surface area contributed by atoms with Crippen molar-refractivity contribution in [3.05, 3.63) is 29.3 Å². The summed E-state index contributed by atoms with van der Waals surface area (Å²) >= 11 is 0. The van der Waals surface area contributed by atoms with Gasteiger partial charge in [-0.05, 0) is 17.2 Å². The second-order valence-electron chi connectivity index (χ2n) is 3.12. The molecule has 0 unspecified atom stereocenters. The predicted molar refractivity (Wildman–Crippen MR) is 48.1 cm³/mol. The van der Waals surface area contributed by atoms with Crippen molar-refractivity contribution in [1.29, 1.82) is 0 Å². The largest absolute Gasteiger partial charge is 0.465 e. The lowest BCUT2D eigenvalue weighted by atomic mass is 10.1. The molecular formula is C9H10N2O2. The van der Waals surface area contributed by atoms with Gasteiger partial charge in [-0.1, -0.05) is 12.1 Å². The van der Waals surface area contributed by atoms with Crippen LogP contribution in [0.1, 0.15) is 11.1 Å². The summed E-state index contributed by atoms with van der Waals surface area (Å²) in [7, 11) is 0. The van der Waals surface area contributed by atoms with E-state index in [9.17, 15) is 4.79 Å². The molecule has 1 aliphatic rings. The van der Waals surface area contributed by atoms with Crippen LogP contribution in [0.15, 0.2) is 18.2 Å². The number of carbonyl (C=O) groups is 1. The fourth-order valence-corrected chi connectivity index (χ4v) is 1.58. The van der Waals surface area contributed by atoms with Gasteiger partial charge in [-0.2, -0.15) is 0 Å². The first kappa shape index (κ1) is 7.91. The molecular weight excluding hydrogens is 168 g/mol. The Bertz CT molecular complexity index is 363. The number of benzene rings is 1. The number of carboxylic acid groups (broad SMARTS) is 1. The number of anilines is 1. The van der Waals surface area contributed by atoms with Gasteiger partial charge in [-0.3, -0.25) is 4.90 Å². The standard InChI is InChI=1S/C9H10N2O2/c10-8-3-1-2-6-4-11(9(12)13)5-7(6)8/h1-3H,4-5,10H2,(H,12,13). The Labute approximate surface area is 75.6 Å². The third-order valence-electron chi connectivity index (χ3n) is 2.29. The summed E-state index contributed by atoms with van der Waals surface area (Å²) in [4.78, 5) is 12.0. The number of nitrogen functional groups attached to an aromatic ring is 1. The second-order valence-corrected chi connectivity index (χ2v) is 3.12. The topological polar surface area (TPSA) is 66.6 Å². The Morgan fingerprint density at radius 2 is 2.23 bits per heavy atom. The maximum Gasteiger partial charge on any atom is 0.407 e. The average molecular weight is 178 g/mol. The van der Waals surface area contributed by atoms with Crippen LogP contribution in [0.4, 0.5) is 10.5 Å². The molecule has 0 radical (unpaired) electrons. The minimum atomic E-state index is -0.893. The number of nitrogens with zero attached hydrogens (tertiary/aromatic N) is 1. The van der Waals surface area contributed by atoms with Gasteiger partial charge in [-0.15, -0.1) is 0 Å². The molecule has 13 heavy (non-hydrogen) atoms. The van der Waals surface area contributed by atoms with Crippen LogP contribution in [0.5, 0.6) is 0 Å². The molecule has 1 amide bonds. The Morgan fingerprint density at radius 3 is 2.85 bits per heavy atom. The SMILES string of the molecule is Nc1cccc2c1CN(C(=O)O)C2. The summed E-state index contributed by atoms with van der Waals surface area (Å²) in [6.07, 6.45) is -0.893. The van der Waals surface area contributed by atoms with Gasteiger partial charge in [0.2, 0.25) is 0 Å². The first-order valence-electron chi connectivity index (χ1n) is 4.02. The average Bonchev–Trinajstić information content (AvgIpc) is 2.49. The smallest absolute Gasteiger partial charge is 0.407 e. The van der Waals surface area contributed by atoms with Gasteiger partial charge in [0.25, 0.3) is 0 Å². The van der Waals surface area contributed by atoms with E-state index < -0.39 is 6.09 Å². The number of nitrogens with two attached hydrogens (primary N) is 1. The molecule has 1 heterocycles. The van der Waals surface area contributed by atoms with E-state index >= 15 is 0 Å². The summed E-state index contributed by atoms with van der Waals surface area (Å²) < 4.78 is 0. The van der Waals surface area contributed by atoms with E-state index in [0.717, 1.165) is 11.1 Å². The Morgan fingerprint density at radius 1 is 1.46 bits per heavy atom. The summed E-state index contributed by atoms with van der Waals surface area (Å²) in [6, 6.07) is 5.55. The van der Waals surface area contributed by atoms with E-state index in [4.69, 9.17) is 10.8 Å². The zero-order chi connectivity index (χ0) is 9.42.